The van der Waals surface area contributed by atoms with Crippen molar-refractivity contribution in [3.05, 3.63) is 0 Å². The van der Waals surface area contributed by atoms with Crippen molar-refractivity contribution in [2.45, 2.75) is 44.4 Å². The fourth-order valence-electron chi connectivity index (χ4n) is 2.31. The Bertz CT molecular complexity index is 260. The molecule has 5 heteroatoms. The van der Waals surface area contributed by atoms with Gasteiger partial charge in [-0.1, -0.05) is 0 Å². The van der Waals surface area contributed by atoms with E-state index >= 15 is 0 Å². The fraction of sp³-hybridized carbons (Fsp3) is 0.909. The zero-order chi connectivity index (χ0) is 11.5. The molecule has 2 rings (SSSR count). The Kier molecular flexibility index (Phi) is 3.66. The molecule has 0 bridgehead atoms. The molecule has 0 aromatic rings. The third kappa shape index (κ3) is 2.65. The van der Waals surface area contributed by atoms with Crippen LogP contribution >= 0.6 is 0 Å². The van der Waals surface area contributed by atoms with Crippen molar-refractivity contribution in [1.82, 2.24) is 10.2 Å². The van der Waals surface area contributed by atoms with Gasteiger partial charge in [-0.3, -0.25) is 0 Å². The molecule has 3 atom stereocenters. The topological polar surface area (TPSA) is 61.8 Å². The molecule has 0 aromatic heterocycles. The summed E-state index contributed by atoms with van der Waals surface area (Å²) < 4.78 is 5.39. The van der Waals surface area contributed by atoms with Crippen molar-refractivity contribution in [2.75, 3.05) is 19.7 Å². The summed E-state index contributed by atoms with van der Waals surface area (Å²) in [5.41, 5.74) is 0. The summed E-state index contributed by atoms with van der Waals surface area (Å²) in [4.78, 5) is 13.6. The van der Waals surface area contributed by atoms with Crippen molar-refractivity contribution in [2.24, 2.45) is 0 Å². The number of nitrogens with zero attached hydrogens (tertiary/aromatic N) is 1. The van der Waals surface area contributed by atoms with Gasteiger partial charge in [0.25, 0.3) is 0 Å². The molecule has 3 unspecified atom stereocenters. The van der Waals surface area contributed by atoms with E-state index in [1.54, 1.807) is 4.90 Å². The van der Waals surface area contributed by atoms with Crippen LogP contribution in [0.15, 0.2) is 0 Å². The lowest BCUT2D eigenvalue weighted by Crippen LogP contribution is -2.51. The number of β-amino-alcohol motifs (C(OH)–C–C–N with tert-alkyl or cyclic N) is 1. The highest BCUT2D eigenvalue weighted by Crippen LogP contribution is 2.14. The Balaban J connectivity index is 1.82. The van der Waals surface area contributed by atoms with Gasteiger partial charge in [0.2, 0.25) is 0 Å². The SMILES string of the molecule is CC1OCCC1NC(=O)N1CCCC(O)C1. The number of carbonyl (C=O) groups is 1. The minimum absolute atomic E-state index is 0.0684. The Hall–Kier alpha value is -0.810. The van der Waals surface area contributed by atoms with E-state index in [4.69, 9.17) is 4.74 Å². The second kappa shape index (κ2) is 5.01. The summed E-state index contributed by atoms with van der Waals surface area (Å²) in [5.74, 6) is 0. The number of likely N-dealkylation sites (tertiary alicyclic amines) is 1. The molecule has 5 nitrogen and oxygen atoms in total. The number of rotatable bonds is 1. The van der Waals surface area contributed by atoms with Crippen molar-refractivity contribution >= 4 is 6.03 Å². The van der Waals surface area contributed by atoms with E-state index < -0.39 is 0 Å². The Morgan fingerprint density at radius 3 is 2.94 bits per heavy atom. The fourth-order valence-corrected chi connectivity index (χ4v) is 2.31. The molecule has 0 aromatic carbocycles. The van der Waals surface area contributed by atoms with Crippen molar-refractivity contribution in [3.63, 3.8) is 0 Å². The van der Waals surface area contributed by atoms with Crippen LogP contribution in [0.3, 0.4) is 0 Å². The van der Waals surface area contributed by atoms with Gasteiger partial charge in [0.15, 0.2) is 0 Å². The second-order valence-corrected chi connectivity index (χ2v) is 4.66. The lowest BCUT2D eigenvalue weighted by atomic mass is 10.1. The number of aliphatic hydroxyl groups is 1. The van der Waals surface area contributed by atoms with Gasteiger partial charge in [-0.25, -0.2) is 4.79 Å². The van der Waals surface area contributed by atoms with Crippen LogP contribution in [0.2, 0.25) is 0 Å². The number of piperidine rings is 1. The van der Waals surface area contributed by atoms with Gasteiger partial charge >= 0.3 is 6.03 Å². The zero-order valence-corrected chi connectivity index (χ0v) is 9.69. The predicted octanol–water partition coefficient (Wildman–Crippen LogP) is 0.330. The number of hydrogen-bond acceptors (Lipinski definition) is 3. The van der Waals surface area contributed by atoms with E-state index in [1.807, 2.05) is 6.92 Å². The van der Waals surface area contributed by atoms with Gasteiger partial charge in [0.1, 0.15) is 0 Å². The first-order valence-electron chi connectivity index (χ1n) is 6.02. The van der Waals surface area contributed by atoms with Crippen molar-refractivity contribution < 1.29 is 14.6 Å². The molecular weight excluding hydrogens is 208 g/mol. The molecule has 0 aliphatic carbocycles. The van der Waals surface area contributed by atoms with Gasteiger partial charge in [0.05, 0.1) is 18.2 Å². The average molecular weight is 228 g/mol. The summed E-state index contributed by atoms with van der Waals surface area (Å²) in [7, 11) is 0. The van der Waals surface area contributed by atoms with Gasteiger partial charge in [0, 0.05) is 19.7 Å². The quantitative estimate of drug-likeness (QED) is 0.680. The summed E-state index contributed by atoms with van der Waals surface area (Å²) >= 11 is 0. The van der Waals surface area contributed by atoms with Gasteiger partial charge in [-0.15, -0.1) is 0 Å². The molecule has 0 radical (unpaired) electrons. The van der Waals surface area contributed by atoms with E-state index in [0.717, 1.165) is 32.4 Å². The van der Waals surface area contributed by atoms with Gasteiger partial charge in [-0.2, -0.15) is 0 Å². The molecule has 2 aliphatic heterocycles. The Labute approximate surface area is 95.8 Å². The van der Waals surface area contributed by atoms with E-state index in [2.05, 4.69) is 5.32 Å². The van der Waals surface area contributed by atoms with E-state index in [9.17, 15) is 9.90 Å². The molecule has 2 fully saturated rings. The van der Waals surface area contributed by atoms with Crippen LogP contribution in [0.25, 0.3) is 0 Å². The van der Waals surface area contributed by atoms with Crippen LogP contribution in [0, 0.1) is 0 Å². The van der Waals surface area contributed by atoms with Crippen LogP contribution in [0.4, 0.5) is 4.79 Å². The van der Waals surface area contributed by atoms with E-state index in [-0.39, 0.29) is 24.3 Å². The molecule has 2 aliphatic rings. The Morgan fingerprint density at radius 2 is 2.31 bits per heavy atom. The first kappa shape index (κ1) is 11.7. The lowest BCUT2D eigenvalue weighted by molar-refractivity contribution is 0.0799. The maximum Gasteiger partial charge on any atom is 0.317 e. The lowest BCUT2D eigenvalue weighted by Gasteiger charge is -2.31. The maximum absolute atomic E-state index is 11.9. The van der Waals surface area contributed by atoms with Crippen LogP contribution < -0.4 is 5.32 Å². The third-order valence-corrected chi connectivity index (χ3v) is 3.37. The number of hydrogen-bond donors (Lipinski definition) is 2. The smallest absolute Gasteiger partial charge is 0.317 e. The molecule has 2 N–H and O–H groups in total. The largest absolute Gasteiger partial charge is 0.391 e. The van der Waals surface area contributed by atoms with E-state index in [1.165, 1.54) is 0 Å². The average Bonchev–Trinajstić information content (AvgIpc) is 2.64. The molecule has 2 heterocycles. The van der Waals surface area contributed by atoms with Crippen LogP contribution in [0.5, 0.6) is 0 Å². The second-order valence-electron chi connectivity index (χ2n) is 4.66. The number of amides is 2. The number of nitrogens with one attached hydrogen (secondary N) is 1. The number of carbonyl (C=O) groups excluding carboxylic acids is 1. The molecule has 16 heavy (non-hydrogen) atoms. The van der Waals surface area contributed by atoms with Crippen LogP contribution in [-0.4, -0.2) is 54.0 Å². The highest BCUT2D eigenvalue weighted by atomic mass is 16.5. The molecule has 2 saturated heterocycles. The molecule has 2 amide bonds. The first-order chi connectivity index (χ1) is 7.66. The minimum Gasteiger partial charge on any atom is -0.391 e. The minimum atomic E-state index is -0.364. The molecule has 92 valence electrons. The standard InChI is InChI=1S/C11H20N2O3/c1-8-10(4-6-16-8)12-11(15)13-5-2-3-9(14)7-13/h8-10,14H,2-7H2,1H3,(H,12,15). The van der Waals surface area contributed by atoms with Gasteiger partial charge < -0.3 is 20.1 Å². The number of ether oxygens (including phenoxy) is 1. The first-order valence-corrected chi connectivity index (χ1v) is 6.02. The monoisotopic (exact) mass is 228 g/mol. The van der Waals surface area contributed by atoms with Crippen molar-refractivity contribution in [1.29, 1.82) is 0 Å². The summed E-state index contributed by atoms with van der Waals surface area (Å²) in [6.07, 6.45) is 2.29. The highest BCUT2D eigenvalue weighted by Gasteiger charge is 2.29. The molecule has 0 saturated carbocycles. The van der Waals surface area contributed by atoms with Crippen LogP contribution in [-0.2, 0) is 4.74 Å². The maximum atomic E-state index is 11.9. The summed E-state index contributed by atoms with van der Waals surface area (Å²) in [5, 5.41) is 12.5. The van der Waals surface area contributed by atoms with Gasteiger partial charge in [-0.05, 0) is 26.2 Å². The number of aliphatic hydroxyl groups excluding tert-OH is 1. The highest BCUT2D eigenvalue weighted by molar-refractivity contribution is 5.74. The van der Waals surface area contributed by atoms with Crippen LogP contribution in [0.1, 0.15) is 26.2 Å². The third-order valence-electron chi connectivity index (χ3n) is 3.37. The molecular formula is C11H20N2O3. The molecule has 0 spiro atoms. The Morgan fingerprint density at radius 1 is 1.50 bits per heavy atom. The summed E-state index contributed by atoms with van der Waals surface area (Å²) in [6, 6.07) is 0.0488. The normalized spacial score (nSPS) is 35.1. The van der Waals surface area contributed by atoms with Crippen molar-refractivity contribution in [3.8, 4) is 0 Å². The zero-order valence-electron chi connectivity index (χ0n) is 9.69. The number of urea groups is 1. The van der Waals surface area contributed by atoms with E-state index in [0.29, 0.717) is 6.54 Å². The summed E-state index contributed by atoms with van der Waals surface area (Å²) in [6.45, 7) is 3.89. The predicted molar refractivity (Wildman–Crippen MR) is 59.2 cm³/mol.